The SMILES string of the molecule is COCC/C=C/c1cncc(N2CCC(C(=O)O)CC2)n1. The molecule has 1 aliphatic heterocycles. The van der Waals surface area contributed by atoms with Gasteiger partial charge >= 0.3 is 5.97 Å². The van der Waals surface area contributed by atoms with E-state index in [2.05, 4.69) is 14.9 Å². The van der Waals surface area contributed by atoms with Crippen LogP contribution in [0.15, 0.2) is 18.5 Å². The third-order valence-corrected chi connectivity index (χ3v) is 3.59. The Kier molecular flexibility index (Phi) is 5.68. The highest BCUT2D eigenvalue weighted by Crippen LogP contribution is 2.21. The molecule has 0 radical (unpaired) electrons. The first kappa shape index (κ1) is 15.4. The van der Waals surface area contributed by atoms with Crippen molar-refractivity contribution in [3.05, 3.63) is 24.2 Å². The number of aromatic nitrogens is 2. The summed E-state index contributed by atoms with van der Waals surface area (Å²) in [5.74, 6) is -0.116. The van der Waals surface area contributed by atoms with Gasteiger partial charge in [-0.05, 0) is 25.3 Å². The predicted octanol–water partition coefficient (Wildman–Crippen LogP) is 1.83. The van der Waals surface area contributed by atoms with Crippen LogP contribution in [-0.2, 0) is 9.53 Å². The summed E-state index contributed by atoms with van der Waals surface area (Å²) >= 11 is 0. The lowest BCUT2D eigenvalue weighted by Crippen LogP contribution is -2.36. The summed E-state index contributed by atoms with van der Waals surface area (Å²) in [5, 5.41) is 9.01. The van der Waals surface area contributed by atoms with Crippen LogP contribution < -0.4 is 4.90 Å². The summed E-state index contributed by atoms with van der Waals surface area (Å²) in [6, 6.07) is 0. The molecule has 0 aromatic carbocycles. The average Bonchev–Trinajstić information content (AvgIpc) is 2.52. The van der Waals surface area contributed by atoms with Crippen molar-refractivity contribution >= 4 is 17.9 Å². The number of aliphatic carboxylic acids is 1. The zero-order valence-electron chi connectivity index (χ0n) is 12.2. The van der Waals surface area contributed by atoms with Gasteiger partial charge in [0.25, 0.3) is 0 Å². The molecule has 1 aliphatic rings. The molecule has 0 saturated carbocycles. The lowest BCUT2D eigenvalue weighted by molar-refractivity contribution is -0.142. The molecular formula is C15H21N3O3. The molecular weight excluding hydrogens is 270 g/mol. The Hall–Kier alpha value is -1.95. The summed E-state index contributed by atoms with van der Waals surface area (Å²) < 4.78 is 4.98. The molecule has 114 valence electrons. The molecule has 0 atom stereocenters. The van der Waals surface area contributed by atoms with Gasteiger partial charge in [0.05, 0.1) is 24.0 Å². The lowest BCUT2D eigenvalue weighted by atomic mass is 9.97. The van der Waals surface area contributed by atoms with Crippen molar-refractivity contribution in [2.75, 3.05) is 31.7 Å². The summed E-state index contributed by atoms with van der Waals surface area (Å²) in [6.45, 7) is 2.11. The largest absolute Gasteiger partial charge is 0.481 e. The van der Waals surface area contributed by atoms with Gasteiger partial charge in [-0.15, -0.1) is 0 Å². The van der Waals surface area contributed by atoms with Crippen LogP contribution in [0.1, 0.15) is 25.0 Å². The molecule has 0 unspecified atom stereocenters. The average molecular weight is 291 g/mol. The summed E-state index contributed by atoms with van der Waals surface area (Å²) in [7, 11) is 1.68. The molecule has 0 aliphatic carbocycles. The molecule has 0 bridgehead atoms. The maximum atomic E-state index is 11.0. The van der Waals surface area contributed by atoms with E-state index >= 15 is 0 Å². The Bertz CT molecular complexity index is 497. The first-order chi connectivity index (χ1) is 10.2. The van der Waals surface area contributed by atoms with Crippen molar-refractivity contribution in [2.45, 2.75) is 19.3 Å². The third kappa shape index (κ3) is 4.53. The topological polar surface area (TPSA) is 75.5 Å². The van der Waals surface area contributed by atoms with E-state index in [-0.39, 0.29) is 5.92 Å². The number of nitrogens with zero attached hydrogens (tertiary/aromatic N) is 3. The normalized spacial score (nSPS) is 16.5. The minimum atomic E-state index is -0.699. The number of carbonyl (C=O) groups is 1. The standard InChI is InChI=1S/C15H21N3O3/c1-21-9-3-2-4-13-10-16-11-14(17-13)18-7-5-12(6-8-18)15(19)20/h2,4,10-12H,3,5-9H2,1H3,(H,19,20)/b4-2+. The Balaban J connectivity index is 1.95. The number of hydrogen-bond acceptors (Lipinski definition) is 5. The van der Waals surface area contributed by atoms with Crippen molar-refractivity contribution in [3.8, 4) is 0 Å². The second-order valence-electron chi connectivity index (χ2n) is 5.09. The number of anilines is 1. The molecule has 0 amide bonds. The van der Waals surface area contributed by atoms with E-state index in [9.17, 15) is 4.79 Å². The smallest absolute Gasteiger partial charge is 0.306 e. The highest BCUT2D eigenvalue weighted by Gasteiger charge is 2.25. The van der Waals surface area contributed by atoms with Crippen LogP contribution in [0.4, 0.5) is 5.82 Å². The van der Waals surface area contributed by atoms with Gasteiger partial charge in [0, 0.05) is 26.8 Å². The first-order valence-corrected chi connectivity index (χ1v) is 7.16. The van der Waals surface area contributed by atoms with Gasteiger partial charge in [-0.3, -0.25) is 9.78 Å². The Morgan fingerprint density at radius 2 is 2.24 bits per heavy atom. The Labute approximate surface area is 124 Å². The number of carboxylic acids is 1. The van der Waals surface area contributed by atoms with Crippen LogP contribution in [0.25, 0.3) is 6.08 Å². The van der Waals surface area contributed by atoms with Gasteiger partial charge in [0.15, 0.2) is 0 Å². The Morgan fingerprint density at radius 3 is 2.90 bits per heavy atom. The van der Waals surface area contributed by atoms with E-state index in [1.165, 1.54) is 0 Å². The van der Waals surface area contributed by atoms with Crippen LogP contribution in [0, 0.1) is 5.92 Å². The number of rotatable bonds is 6. The fraction of sp³-hybridized carbons (Fsp3) is 0.533. The molecule has 1 aromatic rings. The van der Waals surface area contributed by atoms with Crippen LogP contribution in [0.5, 0.6) is 0 Å². The lowest BCUT2D eigenvalue weighted by Gasteiger charge is -2.30. The maximum Gasteiger partial charge on any atom is 0.306 e. The Morgan fingerprint density at radius 1 is 1.48 bits per heavy atom. The van der Waals surface area contributed by atoms with E-state index in [4.69, 9.17) is 9.84 Å². The van der Waals surface area contributed by atoms with Crippen molar-refractivity contribution in [2.24, 2.45) is 5.92 Å². The summed E-state index contributed by atoms with van der Waals surface area (Å²) in [4.78, 5) is 21.8. The number of piperidine rings is 1. The predicted molar refractivity (Wildman–Crippen MR) is 80.1 cm³/mol. The van der Waals surface area contributed by atoms with Crippen molar-refractivity contribution in [1.29, 1.82) is 0 Å². The van der Waals surface area contributed by atoms with Crippen LogP contribution in [0.3, 0.4) is 0 Å². The van der Waals surface area contributed by atoms with Crippen molar-refractivity contribution < 1.29 is 14.6 Å². The van der Waals surface area contributed by atoms with Crippen molar-refractivity contribution in [1.82, 2.24) is 9.97 Å². The van der Waals surface area contributed by atoms with Gasteiger partial charge < -0.3 is 14.7 Å². The number of hydrogen-bond donors (Lipinski definition) is 1. The molecule has 1 aromatic heterocycles. The minimum Gasteiger partial charge on any atom is -0.481 e. The van der Waals surface area contributed by atoms with Crippen LogP contribution >= 0.6 is 0 Å². The molecule has 1 saturated heterocycles. The number of carboxylic acid groups (broad SMARTS) is 1. The van der Waals surface area contributed by atoms with E-state index < -0.39 is 5.97 Å². The number of ether oxygens (including phenoxy) is 1. The molecule has 6 nitrogen and oxygen atoms in total. The van der Waals surface area contributed by atoms with Gasteiger partial charge in [-0.1, -0.05) is 6.08 Å². The second kappa shape index (κ2) is 7.73. The van der Waals surface area contributed by atoms with E-state index in [1.54, 1.807) is 19.5 Å². The molecule has 2 rings (SSSR count). The summed E-state index contributed by atoms with van der Waals surface area (Å²) in [6.07, 6.45) is 9.54. The highest BCUT2D eigenvalue weighted by atomic mass is 16.5. The fourth-order valence-electron chi connectivity index (χ4n) is 2.35. The quantitative estimate of drug-likeness (QED) is 0.806. The molecule has 21 heavy (non-hydrogen) atoms. The maximum absolute atomic E-state index is 11.0. The summed E-state index contributed by atoms with van der Waals surface area (Å²) in [5.41, 5.74) is 0.809. The zero-order chi connectivity index (χ0) is 15.1. The molecule has 0 spiro atoms. The molecule has 1 N–H and O–H groups in total. The fourth-order valence-corrected chi connectivity index (χ4v) is 2.35. The van der Waals surface area contributed by atoms with E-state index in [1.807, 2.05) is 12.2 Å². The van der Waals surface area contributed by atoms with E-state index in [0.29, 0.717) is 32.5 Å². The monoisotopic (exact) mass is 291 g/mol. The van der Waals surface area contributed by atoms with Gasteiger partial charge in [-0.2, -0.15) is 0 Å². The van der Waals surface area contributed by atoms with Gasteiger partial charge in [0.1, 0.15) is 5.82 Å². The van der Waals surface area contributed by atoms with Crippen molar-refractivity contribution in [3.63, 3.8) is 0 Å². The zero-order valence-corrected chi connectivity index (χ0v) is 12.2. The van der Waals surface area contributed by atoms with Crippen LogP contribution in [-0.4, -0.2) is 47.8 Å². The molecule has 1 fully saturated rings. The van der Waals surface area contributed by atoms with E-state index in [0.717, 1.165) is 17.9 Å². The van der Waals surface area contributed by atoms with Gasteiger partial charge in [-0.25, -0.2) is 4.98 Å². The molecule has 2 heterocycles. The minimum absolute atomic E-state index is 0.230. The van der Waals surface area contributed by atoms with Gasteiger partial charge in [0.2, 0.25) is 0 Å². The first-order valence-electron chi connectivity index (χ1n) is 7.16. The van der Waals surface area contributed by atoms with Crippen LogP contribution in [0.2, 0.25) is 0 Å². The third-order valence-electron chi connectivity index (χ3n) is 3.59. The highest BCUT2D eigenvalue weighted by molar-refractivity contribution is 5.70. The number of methoxy groups -OCH3 is 1. The molecule has 6 heteroatoms. The second-order valence-corrected chi connectivity index (χ2v) is 5.09.